The third-order valence-corrected chi connectivity index (χ3v) is 3.57. The van der Waals surface area contributed by atoms with Crippen LogP contribution < -0.4 is 22.1 Å². The van der Waals surface area contributed by atoms with E-state index in [4.69, 9.17) is 26.8 Å². The first kappa shape index (κ1) is 24.3. The lowest BCUT2D eigenvalue weighted by Gasteiger charge is -2.22. The maximum absolute atomic E-state index is 12.4. The van der Waals surface area contributed by atoms with Gasteiger partial charge in [-0.05, 0) is 32.2 Å². The fourth-order valence-electron chi connectivity index (χ4n) is 2.12. The van der Waals surface area contributed by atoms with Gasteiger partial charge in [-0.15, -0.1) is 0 Å². The van der Waals surface area contributed by atoms with Crippen molar-refractivity contribution < 1.29 is 39.3 Å². The standard InChI is InChI=1S/C15H26N4O8/c16-6-2-1-3-9(18-13(24)8(17)7-12(22)23)14(25)19-10(15(26)27)4-5-11(20)21/h8-10H,1-7,16-17H2,(H,18,24)(H,19,25)(H,20,21)(H,22,23)(H,26,27). The molecule has 0 saturated heterocycles. The smallest absolute Gasteiger partial charge is 0.326 e. The number of rotatable bonds is 14. The first-order chi connectivity index (χ1) is 12.6. The van der Waals surface area contributed by atoms with E-state index >= 15 is 0 Å². The molecule has 0 rings (SSSR count). The van der Waals surface area contributed by atoms with Crippen LogP contribution in [-0.2, 0) is 24.0 Å². The van der Waals surface area contributed by atoms with Crippen molar-refractivity contribution in [2.24, 2.45) is 11.5 Å². The van der Waals surface area contributed by atoms with Crippen molar-refractivity contribution in [1.82, 2.24) is 10.6 Å². The summed E-state index contributed by atoms with van der Waals surface area (Å²) in [5.41, 5.74) is 10.8. The summed E-state index contributed by atoms with van der Waals surface area (Å²) in [6, 6.07) is -3.99. The average molecular weight is 390 g/mol. The second-order valence-corrected chi connectivity index (χ2v) is 5.88. The highest BCUT2D eigenvalue weighted by Gasteiger charge is 2.28. The maximum Gasteiger partial charge on any atom is 0.326 e. The number of aliphatic carboxylic acids is 3. The highest BCUT2D eigenvalue weighted by molar-refractivity contribution is 5.93. The molecule has 0 aromatic heterocycles. The Morgan fingerprint density at radius 3 is 1.89 bits per heavy atom. The molecule has 2 amide bonds. The maximum atomic E-state index is 12.4. The van der Waals surface area contributed by atoms with E-state index in [1.54, 1.807) is 0 Å². The zero-order valence-corrected chi connectivity index (χ0v) is 14.7. The third-order valence-electron chi connectivity index (χ3n) is 3.57. The molecule has 3 atom stereocenters. The van der Waals surface area contributed by atoms with Gasteiger partial charge in [0, 0.05) is 6.42 Å². The van der Waals surface area contributed by atoms with Crippen LogP contribution >= 0.6 is 0 Å². The van der Waals surface area contributed by atoms with Gasteiger partial charge in [-0.2, -0.15) is 0 Å². The summed E-state index contributed by atoms with van der Waals surface area (Å²) < 4.78 is 0. The normalized spacial score (nSPS) is 13.9. The number of carbonyl (C=O) groups is 5. The molecule has 154 valence electrons. The van der Waals surface area contributed by atoms with Crippen molar-refractivity contribution in [3.63, 3.8) is 0 Å². The molecular weight excluding hydrogens is 364 g/mol. The topological polar surface area (TPSA) is 222 Å². The molecular formula is C15H26N4O8. The van der Waals surface area contributed by atoms with E-state index in [9.17, 15) is 24.0 Å². The van der Waals surface area contributed by atoms with Gasteiger partial charge in [0.1, 0.15) is 12.1 Å². The van der Waals surface area contributed by atoms with Crippen LogP contribution in [0.4, 0.5) is 0 Å². The van der Waals surface area contributed by atoms with E-state index in [0.717, 1.165) is 0 Å². The Balaban J connectivity index is 5.03. The van der Waals surface area contributed by atoms with Gasteiger partial charge >= 0.3 is 17.9 Å². The number of nitrogens with one attached hydrogen (secondary N) is 2. The van der Waals surface area contributed by atoms with Crippen LogP contribution in [0.25, 0.3) is 0 Å². The zero-order valence-electron chi connectivity index (χ0n) is 14.7. The molecule has 0 radical (unpaired) electrons. The highest BCUT2D eigenvalue weighted by Crippen LogP contribution is 2.05. The first-order valence-electron chi connectivity index (χ1n) is 8.31. The number of carboxylic acids is 3. The minimum Gasteiger partial charge on any atom is -0.481 e. The molecule has 0 heterocycles. The second kappa shape index (κ2) is 12.6. The Hall–Kier alpha value is -2.73. The lowest BCUT2D eigenvalue weighted by Crippen LogP contribution is -2.54. The Labute approximate surface area is 155 Å². The van der Waals surface area contributed by atoms with Crippen molar-refractivity contribution in [1.29, 1.82) is 0 Å². The predicted octanol–water partition coefficient (Wildman–Crippen LogP) is -2.16. The number of carbonyl (C=O) groups excluding carboxylic acids is 2. The SMILES string of the molecule is NCCCCC(NC(=O)C(N)CC(=O)O)C(=O)NC(CCC(=O)O)C(=O)O. The minimum absolute atomic E-state index is 0.125. The molecule has 3 unspecified atom stereocenters. The van der Waals surface area contributed by atoms with Gasteiger partial charge in [0.15, 0.2) is 0 Å². The molecule has 27 heavy (non-hydrogen) atoms. The number of hydrogen-bond acceptors (Lipinski definition) is 7. The van der Waals surface area contributed by atoms with E-state index in [1.807, 2.05) is 0 Å². The van der Waals surface area contributed by atoms with Crippen molar-refractivity contribution in [2.45, 2.75) is 56.7 Å². The number of nitrogens with two attached hydrogens (primary N) is 2. The summed E-state index contributed by atoms with van der Waals surface area (Å²) in [7, 11) is 0. The van der Waals surface area contributed by atoms with Gasteiger partial charge in [-0.3, -0.25) is 19.2 Å². The van der Waals surface area contributed by atoms with Gasteiger partial charge in [0.05, 0.1) is 12.5 Å². The highest BCUT2D eigenvalue weighted by atomic mass is 16.4. The first-order valence-corrected chi connectivity index (χ1v) is 8.31. The van der Waals surface area contributed by atoms with Crippen LogP contribution in [-0.4, -0.2) is 69.7 Å². The molecule has 0 fully saturated rings. The van der Waals surface area contributed by atoms with E-state index in [1.165, 1.54) is 0 Å². The molecule has 0 saturated carbocycles. The Kier molecular flexibility index (Phi) is 11.3. The van der Waals surface area contributed by atoms with Crippen LogP contribution in [0.1, 0.15) is 38.5 Å². The summed E-state index contributed by atoms with van der Waals surface area (Å²) in [6.07, 6.45) is -0.333. The van der Waals surface area contributed by atoms with Gasteiger partial charge in [0.2, 0.25) is 11.8 Å². The summed E-state index contributed by atoms with van der Waals surface area (Å²) in [4.78, 5) is 56.7. The Bertz CT molecular complexity index is 554. The van der Waals surface area contributed by atoms with Gasteiger partial charge in [-0.25, -0.2) is 4.79 Å². The van der Waals surface area contributed by atoms with Crippen LogP contribution in [0, 0.1) is 0 Å². The van der Waals surface area contributed by atoms with Crippen LogP contribution in [0.2, 0.25) is 0 Å². The van der Waals surface area contributed by atoms with E-state index in [-0.39, 0.29) is 12.8 Å². The molecule has 0 aliphatic rings. The molecule has 0 aromatic carbocycles. The lowest BCUT2D eigenvalue weighted by molar-refractivity contribution is -0.144. The molecule has 0 aliphatic heterocycles. The average Bonchev–Trinajstić information content (AvgIpc) is 2.56. The molecule has 0 aromatic rings. The van der Waals surface area contributed by atoms with Gasteiger partial charge in [0.25, 0.3) is 0 Å². The number of hydrogen-bond donors (Lipinski definition) is 7. The lowest BCUT2D eigenvalue weighted by atomic mass is 10.1. The molecule has 12 heteroatoms. The number of amides is 2. The van der Waals surface area contributed by atoms with Crippen molar-refractivity contribution in [2.75, 3.05) is 6.54 Å². The summed E-state index contributed by atoms with van der Waals surface area (Å²) in [5.74, 6) is -5.63. The van der Waals surface area contributed by atoms with Crippen molar-refractivity contribution >= 4 is 29.7 Å². The monoisotopic (exact) mass is 390 g/mol. The van der Waals surface area contributed by atoms with Gasteiger partial charge < -0.3 is 37.4 Å². The fraction of sp³-hybridized carbons (Fsp3) is 0.667. The Morgan fingerprint density at radius 2 is 1.41 bits per heavy atom. The molecule has 0 aliphatic carbocycles. The van der Waals surface area contributed by atoms with Crippen LogP contribution in [0.3, 0.4) is 0 Å². The molecule has 9 N–H and O–H groups in total. The van der Waals surface area contributed by atoms with Crippen molar-refractivity contribution in [3.05, 3.63) is 0 Å². The van der Waals surface area contributed by atoms with E-state index in [0.29, 0.717) is 19.4 Å². The molecule has 0 bridgehead atoms. The number of carboxylic acid groups (broad SMARTS) is 3. The predicted molar refractivity (Wildman–Crippen MR) is 91.5 cm³/mol. The van der Waals surface area contributed by atoms with Crippen LogP contribution in [0.5, 0.6) is 0 Å². The van der Waals surface area contributed by atoms with Gasteiger partial charge in [-0.1, -0.05) is 0 Å². The summed E-state index contributed by atoms with van der Waals surface area (Å²) >= 11 is 0. The number of unbranched alkanes of at least 4 members (excludes halogenated alkanes) is 1. The fourth-order valence-corrected chi connectivity index (χ4v) is 2.12. The van der Waals surface area contributed by atoms with E-state index < -0.39 is 60.7 Å². The summed E-state index contributed by atoms with van der Waals surface area (Å²) in [5, 5.41) is 30.9. The third kappa shape index (κ3) is 10.8. The molecule has 12 nitrogen and oxygen atoms in total. The second-order valence-electron chi connectivity index (χ2n) is 5.88. The summed E-state index contributed by atoms with van der Waals surface area (Å²) in [6.45, 7) is 0.344. The van der Waals surface area contributed by atoms with E-state index in [2.05, 4.69) is 10.6 Å². The zero-order chi connectivity index (χ0) is 21.0. The minimum atomic E-state index is -1.45. The van der Waals surface area contributed by atoms with Crippen LogP contribution in [0.15, 0.2) is 0 Å². The largest absolute Gasteiger partial charge is 0.481 e. The van der Waals surface area contributed by atoms with Crippen molar-refractivity contribution in [3.8, 4) is 0 Å². The Morgan fingerprint density at radius 1 is 0.815 bits per heavy atom. The quantitative estimate of drug-likeness (QED) is 0.159. The molecule has 0 spiro atoms.